The fraction of sp³-hybridized carbons (Fsp3) is 0.509. The van der Waals surface area contributed by atoms with Crippen LogP contribution in [0.3, 0.4) is 0 Å². The lowest BCUT2D eigenvalue weighted by molar-refractivity contribution is 0.125. The Morgan fingerprint density at radius 2 is 0.579 bits per heavy atom. The first-order valence-corrected chi connectivity index (χ1v) is 21.2. The monoisotopic (exact) mass is 759 g/mol. The first-order valence-electron chi connectivity index (χ1n) is 21.2. The molecule has 3 aliphatic rings. The van der Waals surface area contributed by atoms with Gasteiger partial charge in [0.25, 0.3) is 0 Å². The number of pyridine rings is 1. The van der Waals surface area contributed by atoms with E-state index in [0.717, 1.165) is 27.9 Å². The summed E-state index contributed by atoms with van der Waals surface area (Å²) in [7, 11) is 0. The van der Waals surface area contributed by atoms with Crippen molar-refractivity contribution in [2.24, 2.45) is 16.2 Å². The maximum absolute atomic E-state index is 5.28. The molecule has 0 aliphatic heterocycles. The van der Waals surface area contributed by atoms with Gasteiger partial charge in [0.2, 0.25) is 0 Å². The van der Waals surface area contributed by atoms with Crippen LogP contribution < -0.4 is 0 Å². The Kier molecular flexibility index (Phi) is 8.01. The highest BCUT2D eigenvalue weighted by atomic mass is 15.0. The zero-order chi connectivity index (χ0) is 41.9. The lowest BCUT2D eigenvalue weighted by Gasteiger charge is -2.44. The van der Waals surface area contributed by atoms with Gasteiger partial charge in [-0.05, 0) is 112 Å². The Morgan fingerprint density at radius 1 is 0.298 bits per heavy atom. The van der Waals surface area contributed by atoms with Crippen molar-refractivity contribution in [1.82, 2.24) is 19.9 Å². The Balaban J connectivity index is 1.26. The van der Waals surface area contributed by atoms with Crippen LogP contribution in [-0.2, 0) is 32.5 Å². The minimum atomic E-state index is -0.0380. The van der Waals surface area contributed by atoms with E-state index in [-0.39, 0.29) is 48.7 Å². The van der Waals surface area contributed by atoms with Crippen molar-refractivity contribution in [3.63, 3.8) is 0 Å². The quantitative estimate of drug-likeness (QED) is 0.183. The van der Waals surface area contributed by atoms with Gasteiger partial charge in [0, 0.05) is 28.5 Å². The molecule has 298 valence electrons. The third-order valence-electron chi connectivity index (χ3n) is 18.9. The summed E-state index contributed by atoms with van der Waals surface area (Å²) >= 11 is 0. The zero-order valence-corrected chi connectivity index (χ0v) is 38.2. The Labute approximate surface area is 343 Å². The molecule has 8 rings (SSSR count). The number of benzene rings is 3. The normalized spacial score (nSPS) is 22.8. The minimum absolute atomic E-state index is 0.0208. The molecule has 2 aromatic heterocycles. The number of fused-ring (bicyclic) bond motifs is 3. The van der Waals surface area contributed by atoms with Crippen molar-refractivity contribution in [3.8, 4) is 45.4 Å². The highest BCUT2D eigenvalue weighted by Gasteiger charge is 2.59. The van der Waals surface area contributed by atoms with E-state index in [4.69, 9.17) is 19.9 Å². The predicted molar refractivity (Wildman–Crippen MR) is 239 cm³/mol. The van der Waals surface area contributed by atoms with Gasteiger partial charge >= 0.3 is 0 Å². The molecule has 0 unspecified atom stereocenters. The maximum atomic E-state index is 5.28. The van der Waals surface area contributed by atoms with E-state index in [2.05, 4.69) is 191 Å². The SMILES string of the molecule is CC1(C)c2ccc(-c3ccc(-c4nc(-c5ccc6c(c5)C(C)(C)C(C)(C)C6(C)C)nc(-c5ccc6c(c5)C(C)(C)C(C)(C)C6(C)C)n4)cn3)cc2C(C)(C)C1(C)C. The largest absolute Gasteiger partial charge is 0.255 e. The van der Waals surface area contributed by atoms with E-state index >= 15 is 0 Å². The van der Waals surface area contributed by atoms with Crippen LogP contribution in [0.5, 0.6) is 0 Å². The predicted octanol–water partition coefficient (Wildman–Crippen LogP) is 13.7. The molecule has 0 radical (unpaired) electrons. The van der Waals surface area contributed by atoms with Gasteiger partial charge in [-0.3, -0.25) is 4.98 Å². The highest BCUT2D eigenvalue weighted by molar-refractivity contribution is 5.71. The zero-order valence-electron chi connectivity index (χ0n) is 38.2. The second kappa shape index (κ2) is 11.5. The summed E-state index contributed by atoms with van der Waals surface area (Å²) < 4.78 is 0. The van der Waals surface area contributed by atoms with Gasteiger partial charge in [-0.2, -0.15) is 0 Å². The van der Waals surface area contributed by atoms with Crippen LogP contribution in [0.2, 0.25) is 0 Å². The average Bonchev–Trinajstić information content (AvgIpc) is 3.39. The molecule has 5 aromatic rings. The van der Waals surface area contributed by atoms with E-state index in [1.165, 1.54) is 33.4 Å². The van der Waals surface area contributed by atoms with Crippen LogP contribution in [0.25, 0.3) is 45.4 Å². The number of aromatic nitrogens is 4. The first-order chi connectivity index (χ1) is 26.0. The number of nitrogens with zero attached hydrogens (tertiary/aromatic N) is 4. The van der Waals surface area contributed by atoms with Crippen molar-refractivity contribution in [1.29, 1.82) is 0 Å². The van der Waals surface area contributed by atoms with Crippen molar-refractivity contribution in [2.75, 3.05) is 0 Å². The van der Waals surface area contributed by atoms with E-state index in [0.29, 0.717) is 17.5 Å². The highest BCUT2D eigenvalue weighted by Crippen LogP contribution is 2.64. The summed E-state index contributed by atoms with van der Waals surface area (Å²) in [5, 5.41) is 0. The van der Waals surface area contributed by atoms with E-state index < -0.39 is 0 Å². The molecule has 57 heavy (non-hydrogen) atoms. The van der Waals surface area contributed by atoms with Crippen LogP contribution in [0.15, 0.2) is 72.9 Å². The van der Waals surface area contributed by atoms with E-state index in [1.54, 1.807) is 0 Å². The molecule has 0 saturated heterocycles. The molecular weight excluding hydrogens is 693 g/mol. The summed E-state index contributed by atoms with van der Waals surface area (Å²) in [6.45, 7) is 43.1. The van der Waals surface area contributed by atoms with Gasteiger partial charge in [-0.25, -0.2) is 15.0 Å². The average molecular weight is 759 g/mol. The standard InChI is InChI=1S/C53H66N4/c1-45(2)35-23-19-31(27-38(35)48(7,8)51(45,13)14)41-26-22-34(30-54-41)44-56-42(32-20-24-36-39(28-32)49(9,10)52(15,16)46(36,3)4)55-43(57-44)33-21-25-37-40(29-33)50(11,12)53(17,18)47(37,5)6/h19-30H,1-18H3. The Bertz CT molecular complexity index is 2380. The molecular formula is C53H66N4. The number of hydrogen-bond acceptors (Lipinski definition) is 4. The van der Waals surface area contributed by atoms with Crippen LogP contribution in [0, 0.1) is 16.2 Å². The Hall–Kier alpha value is -4.18. The van der Waals surface area contributed by atoms with E-state index in [9.17, 15) is 0 Å². The molecule has 0 atom stereocenters. The molecule has 0 amide bonds. The van der Waals surface area contributed by atoms with Crippen LogP contribution in [0.4, 0.5) is 0 Å². The van der Waals surface area contributed by atoms with Gasteiger partial charge in [-0.15, -0.1) is 0 Å². The van der Waals surface area contributed by atoms with Crippen molar-refractivity contribution >= 4 is 0 Å². The molecule has 0 N–H and O–H groups in total. The number of rotatable bonds is 4. The summed E-state index contributed by atoms with van der Waals surface area (Å²) in [6, 6.07) is 25.0. The van der Waals surface area contributed by atoms with Crippen molar-refractivity contribution in [3.05, 3.63) is 106 Å². The molecule has 3 aromatic carbocycles. The molecule has 0 bridgehead atoms. The lowest BCUT2D eigenvalue weighted by Crippen LogP contribution is -2.42. The molecule has 4 heteroatoms. The topological polar surface area (TPSA) is 51.6 Å². The third kappa shape index (κ3) is 4.85. The van der Waals surface area contributed by atoms with Gasteiger partial charge < -0.3 is 0 Å². The smallest absolute Gasteiger partial charge is 0.165 e. The van der Waals surface area contributed by atoms with Crippen LogP contribution >= 0.6 is 0 Å². The summed E-state index contributed by atoms with van der Waals surface area (Å²) in [6.07, 6.45) is 1.94. The first kappa shape index (κ1) is 39.6. The molecule has 0 saturated carbocycles. The minimum Gasteiger partial charge on any atom is -0.255 e. The second-order valence-electron chi connectivity index (χ2n) is 22.6. The van der Waals surface area contributed by atoms with Crippen LogP contribution in [0.1, 0.15) is 158 Å². The molecule has 0 fully saturated rings. The molecule has 3 aliphatic carbocycles. The van der Waals surface area contributed by atoms with E-state index in [1.807, 2.05) is 6.20 Å². The molecule has 0 spiro atoms. The lowest BCUT2D eigenvalue weighted by atomic mass is 9.59. The second-order valence-corrected chi connectivity index (χ2v) is 22.6. The van der Waals surface area contributed by atoms with Gasteiger partial charge in [0.05, 0.1) is 5.69 Å². The fourth-order valence-corrected chi connectivity index (χ4v) is 11.1. The van der Waals surface area contributed by atoms with Gasteiger partial charge in [0.1, 0.15) is 0 Å². The fourth-order valence-electron chi connectivity index (χ4n) is 11.1. The maximum Gasteiger partial charge on any atom is 0.165 e. The summed E-state index contributed by atoms with van der Waals surface area (Å²) in [5.74, 6) is 2.01. The number of hydrogen-bond donors (Lipinski definition) is 0. The van der Waals surface area contributed by atoms with Gasteiger partial charge in [0.15, 0.2) is 17.5 Å². The molecule has 4 nitrogen and oxygen atoms in total. The summed E-state index contributed by atoms with van der Waals surface area (Å²) in [5.41, 5.74) is 13.7. The van der Waals surface area contributed by atoms with Crippen molar-refractivity contribution in [2.45, 2.75) is 157 Å². The van der Waals surface area contributed by atoms with Gasteiger partial charge in [-0.1, -0.05) is 161 Å². The Morgan fingerprint density at radius 3 is 0.912 bits per heavy atom. The molecule has 2 heterocycles. The van der Waals surface area contributed by atoms with Crippen molar-refractivity contribution < 1.29 is 0 Å². The third-order valence-corrected chi connectivity index (χ3v) is 18.9. The summed E-state index contributed by atoms with van der Waals surface area (Å²) in [4.78, 5) is 20.8. The van der Waals surface area contributed by atoms with Crippen LogP contribution in [-0.4, -0.2) is 19.9 Å².